The van der Waals surface area contributed by atoms with Crippen LogP contribution in [0, 0.1) is 0 Å². The van der Waals surface area contributed by atoms with Crippen LogP contribution in [0.1, 0.15) is 86.5 Å². The summed E-state index contributed by atoms with van der Waals surface area (Å²) < 4.78 is 13.2. The zero-order valence-corrected chi connectivity index (χ0v) is 29.7. The predicted molar refractivity (Wildman–Crippen MR) is 176 cm³/mol. The Balaban J connectivity index is 1.61. The summed E-state index contributed by atoms with van der Waals surface area (Å²) in [4.78, 5) is 27.0. The van der Waals surface area contributed by atoms with Crippen molar-refractivity contribution in [2.75, 3.05) is 31.1 Å². The molecule has 0 aromatic carbocycles. The number of carbonyl (C=O) groups excluding carboxylic acids is 1. The van der Waals surface area contributed by atoms with Gasteiger partial charge in [-0.25, -0.2) is 4.79 Å². The quantitative estimate of drug-likeness (QED) is 0.186. The first-order valence-corrected chi connectivity index (χ1v) is 23.7. The van der Waals surface area contributed by atoms with Gasteiger partial charge in [-0.3, -0.25) is 0 Å². The van der Waals surface area contributed by atoms with Gasteiger partial charge in [0.1, 0.15) is 5.60 Å². The first-order chi connectivity index (χ1) is 20.2. The van der Waals surface area contributed by atoms with Crippen molar-refractivity contribution in [2.24, 2.45) is 0 Å². The summed E-state index contributed by atoms with van der Waals surface area (Å²) in [5.74, 6) is 1.74. The van der Waals surface area contributed by atoms with Gasteiger partial charge < -0.3 is 4.74 Å². The van der Waals surface area contributed by atoms with Gasteiger partial charge in [-0.05, 0) is 20.8 Å². The second kappa shape index (κ2) is 14.9. The summed E-state index contributed by atoms with van der Waals surface area (Å²) in [5.41, 5.74) is 0.619. The van der Waals surface area contributed by atoms with Crippen LogP contribution in [0.3, 0.4) is 0 Å². The molecule has 0 unspecified atom stereocenters. The number of carbonyl (C=O) groups is 1. The summed E-state index contributed by atoms with van der Waals surface area (Å²) in [6.07, 6.45) is 12.3. The molecule has 0 atom stereocenters. The van der Waals surface area contributed by atoms with E-state index < -0.39 is 24.0 Å². The Morgan fingerprint density at radius 3 is 2.21 bits per heavy atom. The third kappa shape index (κ3) is 8.17. The fourth-order valence-corrected chi connectivity index (χ4v) is 21.4. The minimum absolute atomic E-state index is 0.239. The van der Waals surface area contributed by atoms with Gasteiger partial charge in [0.15, 0.2) is 0 Å². The molecule has 0 bridgehead atoms. The van der Waals surface area contributed by atoms with E-state index in [0.717, 1.165) is 35.5 Å². The summed E-state index contributed by atoms with van der Waals surface area (Å²) >= 11 is -2.69. The molecule has 8 nitrogen and oxygen atoms in total. The molecule has 3 aromatic heterocycles. The molecule has 230 valence electrons. The molecule has 0 N–H and O–H groups in total. The molecule has 0 saturated carbocycles. The van der Waals surface area contributed by atoms with Crippen LogP contribution < -0.4 is 8.61 Å². The molecule has 4 rings (SSSR count). The summed E-state index contributed by atoms with van der Waals surface area (Å²) in [5, 5.41) is 5.86. The van der Waals surface area contributed by atoms with E-state index in [1.54, 1.807) is 0 Å². The van der Waals surface area contributed by atoms with Gasteiger partial charge in [0, 0.05) is 0 Å². The Labute approximate surface area is 257 Å². The average molecular weight is 684 g/mol. The van der Waals surface area contributed by atoms with Crippen LogP contribution in [-0.4, -0.2) is 80.9 Å². The molecule has 3 aromatic rings. The van der Waals surface area contributed by atoms with Crippen LogP contribution in [-0.2, 0) is 4.74 Å². The minimum atomic E-state index is -2.69. The van der Waals surface area contributed by atoms with E-state index >= 15 is 0 Å². The Morgan fingerprint density at radius 1 is 0.905 bits per heavy atom. The maximum absolute atomic E-state index is 12.7. The number of pyridine rings is 2. The molecule has 1 fully saturated rings. The first-order valence-electron chi connectivity index (χ1n) is 16.2. The van der Waals surface area contributed by atoms with Crippen LogP contribution in [0.25, 0.3) is 16.7 Å². The maximum atomic E-state index is 12.7. The molecular weight excluding hydrogens is 631 g/mol. The molecule has 4 heterocycles. The number of nitrogens with zero attached hydrogens (tertiary/aromatic N) is 6. The molecule has 0 spiro atoms. The van der Waals surface area contributed by atoms with Gasteiger partial charge in [0.2, 0.25) is 0 Å². The second-order valence-electron chi connectivity index (χ2n) is 12.9. The van der Waals surface area contributed by atoms with E-state index in [1.165, 1.54) is 55.5 Å². The van der Waals surface area contributed by atoms with Crippen LogP contribution in [0.4, 0.5) is 10.6 Å². The number of ether oxygens (including phenoxy) is 1. The standard InChI is InChI=1S/C21H25N6O2.3C4H9.Sn/c1-21(2,3)29-20(28)26-11-5-10-25(12-13-26)18-6-4-7-19(24-18)27-17-8-9-22-14-16(17)15-23-27;3*1-3-4-2;/h4,6-8,14-15H,5,10-13H2,1-3H3;3*1,3-4H2,2H3;. The number of hydrogen-bond acceptors (Lipinski definition) is 6. The molecule has 0 radical (unpaired) electrons. The number of anilines is 1. The number of amides is 1. The van der Waals surface area contributed by atoms with Gasteiger partial charge in [-0.1, -0.05) is 0 Å². The molecule has 9 heteroatoms. The summed E-state index contributed by atoms with van der Waals surface area (Å²) in [7, 11) is 0. The van der Waals surface area contributed by atoms with Crippen molar-refractivity contribution in [3.63, 3.8) is 0 Å². The monoisotopic (exact) mass is 684 g/mol. The Morgan fingerprint density at radius 2 is 1.57 bits per heavy atom. The summed E-state index contributed by atoms with van der Waals surface area (Å²) in [6.45, 7) is 15.5. The van der Waals surface area contributed by atoms with E-state index in [0.29, 0.717) is 19.6 Å². The number of rotatable bonds is 12. The molecule has 0 aliphatic carbocycles. The number of hydrogen-bond donors (Lipinski definition) is 0. The SMILES string of the molecule is CCC[CH2][Sn]([CH2]CCC)([CH2]CCC)[c]1cc2c(cn1)cnn2-c1cccc(N2CCCN(C(=O)OC(C)(C)C)CC2)n1. The summed E-state index contributed by atoms with van der Waals surface area (Å²) in [6, 6.07) is 8.56. The van der Waals surface area contributed by atoms with Crippen LogP contribution in [0.2, 0.25) is 13.3 Å². The van der Waals surface area contributed by atoms with Crippen LogP contribution in [0.15, 0.2) is 36.7 Å². The van der Waals surface area contributed by atoms with Gasteiger partial charge in [0.05, 0.1) is 0 Å². The predicted octanol–water partition coefficient (Wildman–Crippen LogP) is 7.32. The van der Waals surface area contributed by atoms with Crippen molar-refractivity contribution in [1.82, 2.24) is 24.6 Å². The van der Waals surface area contributed by atoms with Gasteiger partial charge in [0.25, 0.3) is 0 Å². The average Bonchev–Trinajstić information content (AvgIpc) is 3.23. The van der Waals surface area contributed by atoms with Gasteiger partial charge >= 0.3 is 222 Å². The fourth-order valence-electron chi connectivity index (χ4n) is 6.06. The van der Waals surface area contributed by atoms with E-state index in [1.807, 2.05) is 42.6 Å². The topological polar surface area (TPSA) is 76.4 Å². The van der Waals surface area contributed by atoms with Crippen LogP contribution >= 0.6 is 0 Å². The zero-order chi connectivity index (χ0) is 30.2. The van der Waals surface area contributed by atoms with Gasteiger partial charge in [-0.15, -0.1) is 0 Å². The fraction of sp³-hybridized carbons (Fsp3) is 0.636. The van der Waals surface area contributed by atoms with Crippen molar-refractivity contribution >= 4 is 44.9 Å². The molecule has 1 saturated heterocycles. The molecule has 1 aliphatic rings. The van der Waals surface area contributed by atoms with E-state index in [9.17, 15) is 4.79 Å². The zero-order valence-electron chi connectivity index (χ0n) is 26.9. The van der Waals surface area contributed by atoms with Crippen molar-refractivity contribution in [1.29, 1.82) is 0 Å². The van der Waals surface area contributed by atoms with Crippen molar-refractivity contribution in [3.8, 4) is 5.82 Å². The number of unbranched alkanes of at least 4 members (excludes halogenated alkanes) is 3. The third-order valence-electron chi connectivity index (χ3n) is 8.43. The number of fused-ring (bicyclic) bond motifs is 1. The third-order valence-corrected chi connectivity index (χ3v) is 23.5. The van der Waals surface area contributed by atoms with Gasteiger partial charge in [-0.2, -0.15) is 0 Å². The van der Waals surface area contributed by atoms with Crippen LogP contribution in [0.5, 0.6) is 0 Å². The molecule has 1 aliphatic heterocycles. The Hall–Kier alpha value is -2.36. The second-order valence-corrected chi connectivity index (χ2v) is 26.0. The Kier molecular flexibility index (Phi) is 11.5. The normalized spacial score (nSPS) is 14.8. The molecule has 1 amide bonds. The van der Waals surface area contributed by atoms with Crippen molar-refractivity contribution in [3.05, 3.63) is 36.7 Å². The van der Waals surface area contributed by atoms with E-state index in [2.05, 4.69) is 50.1 Å². The molecule has 42 heavy (non-hydrogen) atoms. The Bertz CT molecular complexity index is 1280. The molecular formula is C33H52N6O2Sn. The van der Waals surface area contributed by atoms with Crippen molar-refractivity contribution < 1.29 is 9.53 Å². The number of aromatic nitrogens is 4. The first kappa shape index (κ1) is 32.6. The van der Waals surface area contributed by atoms with E-state index in [4.69, 9.17) is 19.8 Å². The van der Waals surface area contributed by atoms with E-state index in [-0.39, 0.29) is 6.09 Å². The van der Waals surface area contributed by atoms with Crippen molar-refractivity contribution in [2.45, 2.75) is 105 Å².